The van der Waals surface area contributed by atoms with Crippen molar-refractivity contribution in [3.05, 3.63) is 29.8 Å². The highest BCUT2D eigenvalue weighted by molar-refractivity contribution is 5.53. The lowest BCUT2D eigenvalue weighted by molar-refractivity contribution is 0.819. The van der Waals surface area contributed by atoms with E-state index in [0.29, 0.717) is 6.42 Å². The standard InChI is InChI=1S/C13H18N2/c1-3-12-8-5-6-9-13(12)15(4-2)11-7-10-14/h5-6,8-9H,3-4,7,11H2,1-2H3. The van der Waals surface area contributed by atoms with E-state index < -0.39 is 0 Å². The molecule has 0 radical (unpaired) electrons. The molecule has 2 heteroatoms. The minimum absolute atomic E-state index is 0.589. The van der Waals surface area contributed by atoms with E-state index in [9.17, 15) is 0 Å². The zero-order valence-corrected chi connectivity index (χ0v) is 9.53. The predicted molar refractivity (Wildman–Crippen MR) is 63.9 cm³/mol. The second-order valence-corrected chi connectivity index (χ2v) is 3.47. The van der Waals surface area contributed by atoms with E-state index in [2.05, 4.69) is 49.1 Å². The highest BCUT2D eigenvalue weighted by atomic mass is 15.1. The molecule has 0 saturated carbocycles. The number of para-hydroxylation sites is 1. The normalized spacial score (nSPS) is 9.67. The maximum Gasteiger partial charge on any atom is 0.0640 e. The number of anilines is 1. The summed E-state index contributed by atoms with van der Waals surface area (Å²) in [5.41, 5.74) is 2.63. The van der Waals surface area contributed by atoms with Crippen LogP contribution in [0.1, 0.15) is 25.8 Å². The van der Waals surface area contributed by atoms with E-state index in [-0.39, 0.29) is 0 Å². The van der Waals surface area contributed by atoms with Crippen molar-refractivity contribution in [2.24, 2.45) is 0 Å². The van der Waals surface area contributed by atoms with Gasteiger partial charge >= 0.3 is 0 Å². The molecular weight excluding hydrogens is 184 g/mol. The fourth-order valence-corrected chi connectivity index (χ4v) is 1.75. The molecule has 15 heavy (non-hydrogen) atoms. The van der Waals surface area contributed by atoms with Crippen molar-refractivity contribution < 1.29 is 0 Å². The Bertz CT molecular complexity index is 339. The molecule has 0 unspecified atom stereocenters. The van der Waals surface area contributed by atoms with Crippen molar-refractivity contribution in [1.82, 2.24) is 0 Å². The van der Waals surface area contributed by atoms with Gasteiger partial charge in [0.1, 0.15) is 0 Å². The van der Waals surface area contributed by atoms with Crippen molar-refractivity contribution in [3.8, 4) is 6.07 Å². The number of rotatable bonds is 5. The molecule has 1 aromatic carbocycles. The summed E-state index contributed by atoms with van der Waals surface area (Å²) in [6, 6.07) is 10.6. The Hall–Kier alpha value is -1.49. The average Bonchev–Trinajstić information content (AvgIpc) is 2.30. The first-order chi connectivity index (χ1) is 7.33. The van der Waals surface area contributed by atoms with Crippen LogP contribution in [-0.4, -0.2) is 13.1 Å². The SMILES string of the molecule is CCc1ccccc1N(CC)CCC#N. The Morgan fingerprint density at radius 1 is 1.27 bits per heavy atom. The van der Waals surface area contributed by atoms with Crippen LogP contribution in [0.5, 0.6) is 0 Å². The first-order valence-electron chi connectivity index (χ1n) is 5.53. The Labute approximate surface area is 92.1 Å². The third-order valence-electron chi connectivity index (χ3n) is 2.59. The maximum absolute atomic E-state index is 8.61. The monoisotopic (exact) mass is 202 g/mol. The maximum atomic E-state index is 8.61. The van der Waals surface area contributed by atoms with Crippen molar-refractivity contribution in [3.63, 3.8) is 0 Å². The van der Waals surface area contributed by atoms with Gasteiger partial charge in [0.05, 0.1) is 12.5 Å². The molecule has 2 nitrogen and oxygen atoms in total. The third kappa shape index (κ3) is 2.99. The van der Waals surface area contributed by atoms with Crippen LogP contribution in [0.2, 0.25) is 0 Å². The lowest BCUT2D eigenvalue weighted by Crippen LogP contribution is -2.24. The highest BCUT2D eigenvalue weighted by Crippen LogP contribution is 2.20. The number of benzene rings is 1. The third-order valence-corrected chi connectivity index (χ3v) is 2.59. The molecule has 0 aliphatic heterocycles. The zero-order valence-electron chi connectivity index (χ0n) is 9.53. The van der Waals surface area contributed by atoms with Crippen LogP contribution < -0.4 is 4.90 Å². The molecule has 0 amide bonds. The second kappa shape index (κ2) is 6.08. The number of aryl methyl sites for hydroxylation is 1. The minimum atomic E-state index is 0.589. The first kappa shape index (κ1) is 11.6. The van der Waals surface area contributed by atoms with Gasteiger partial charge in [0.2, 0.25) is 0 Å². The van der Waals surface area contributed by atoms with Crippen LogP contribution in [0, 0.1) is 11.3 Å². The van der Waals surface area contributed by atoms with Crippen LogP contribution in [0.3, 0.4) is 0 Å². The van der Waals surface area contributed by atoms with Gasteiger partial charge in [-0.3, -0.25) is 0 Å². The molecule has 0 saturated heterocycles. The number of hydrogen-bond acceptors (Lipinski definition) is 2. The summed E-state index contributed by atoms with van der Waals surface area (Å²) >= 11 is 0. The molecule has 0 N–H and O–H groups in total. The molecule has 0 bridgehead atoms. The van der Waals surface area contributed by atoms with E-state index in [1.807, 2.05) is 0 Å². The fourth-order valence-electron chi connectivity index (χ4n) is 1.75. The molecule has 0 atom stereocenters. The quantitative estimate of drug-likeness (QED) is 0.734. The van der Waals surface area contributed by atoms with Crippen LogP contribution >= 0.6 is 0 Å². The number of nitrogens with zero attached hydrogens (tertiary/aromatic N) is 2. The topological polar surface area (TPSA) is 27.0 Å². The van der Waals surface area contributed by atoms with E-state index in [1.54, 1.807) is 0 Å². The van der Waals surface area contributed by atoms with Gasteiger partial charge in [-0.05, 0) is 25.0 Å². The summed E-state index contributed by atoms with van der Waals surface area (Å²) in [5, 5.41) is 8.61. The van der Waals surface area contributed by atoms with Gasteiger partial charge in [-0.2, -0.15) is 5.26 Å². The van der Waals surface area contributed by atoms with E-state index in [1.165, 1.54) is 11.3 Å². The van der Waals surface area contributed by atoms with Gasteiger partial charge in [-0.1, -0.05) is 25.1 Å². The van der Waals surface area contributed by atoms with Crippen molar-refractivity contribution in [2.45, 2.75) is 26.7 Å². The molecule has 1 rings (SSSR count). The molecule has 0 heterocycles. The number of nitriles is 1. The second-order valence-electron chi connectivity index (χ2n) is 3.47. The van der Waals surface area contributed by atoms with Crippen LogP contribution in [-0.2, 0) is 6.42 Å². The largest absolute Gasteiger partial charge is 0.371 e. The first-order valence-corrected chi connectivity index (χ1v) is 5.53. The summed E-state index contributed by atoms with van der Waals surface area (Å²) in [6.45, 7) is 6.07. The van der Waals surface area contributed by atoms with Crippen molar-refractivity contribution in [2.75, 3.05) is 18.0 Å². The van der Waals surface area contributed by atoms with Crippen LogP contribution in [0.4, 0.5) is 5.69 Å². The average molecular weight is 202 g/mol. The zero-order chi connectivity index (χ0) is 11.1. The predicted octanol–water partition coefficient (Wildman–Crippen LogP) is 2.99. The lowest BCUT2D eigenvalue weighted by Gasteiger charge is -2.24. The van der Waals surface area contributed by atoms with E-state index in [0.717, 1.165) is 19.5 Å². The molecule has 0 spiro atoms. The molecular formula is C13H18N2. The van der Waals surface area contributed by atoms with Gasteiger partial charge in [-0.25, -0.2) is 0 Å². The van der Waals surface area contributed by atoms with Gasteiger partial charge in [0.25, 0.3) is 0 Å². The molecule has 0 aromatic heterocycles. The molecule has 0 aliphatic carbocycles. The van der Waals surface area contributed by atoms with Gasteiger partial charge in [0.15, 0.2) is 0 Å². The molecule has 0 fully saturated rings. The highest BCUT2D eigenvalue weighted by Gasteiger charge is 2.06. The van der Waals surface area contributed by atoms with E-state index >= 15 is 0 Å². The Kier molecular flexibility index (Phi) is 4.70. The summed E-state index contributed by atoms with van der Waals surface area (Å²) in [7, 11) is 0. The minimum Gasteiger partial charge on any atom is -0.371 e. The van der Waals surface area contributed by atoms with Crippen molar-refractivity contribution in [1.29, 1.82) is 5.26 Å². The molecule has 0 aliphatic rings. The van der Waals surface area contributed by atoms with Gasteiger partial charge < -0.3 is 4.90 Å². The van der Waals surface area contributed by atoms with Crippen LogP contribution in [0.15, 0.2) is 24.3 Å². The summed E-state index contributed by atoms with van der Waals surface area (Å²) in [4.78, 5) is 2.27. The lowest BCUT2D eigenvalue weighted by atomic mass is 10.1. The van der Waals surface area contributed by atoms with E-state index in [4.69, 9.17) is 5.26 Å². The summed E-state index contributed by atoms with van der Waals surface area (Å²) < 4.78 is 0. The van der Waals surface area contributed by atoms with Gasteiger partial charge in [-0.15, -0.1) is 0 Å². The van der Waals surface area contributed by atoms with Gasteiger partial charge in [0, 0.05) is 18.8 Å². The Morgan fingerprint density at radius 3 is 2.60 bits per heavy atom. The fraction of sp³-hybridized carbons (Fsp3) is 0.462. The Morgan fingerprint density at radius 2 is 2.00 bits per heavy atom. The smallest absolute Gasteiger partial charge is 0.0640 e. The summed E-state index contributed by atoms with van der Waals surface area (Å²) in [6.07, 6.45) is 1.63. The molecule has 80 valence electrons. The number of hydrogen-bond donors (Lipinski definition) is 0. The molecule has 1 aromatic rings. The summed E-state index contributed by atoms with van der Waals surface area (Å²) in [5.74, 6) is 0. The van der Waals surface area contributed by atoms with Crippen molar-refractivity contribution >= 4 is 5.69 Å². The Balaban J connectivity index is 2.86. The van der Waals surface area contributed by atoms with Crippen LogP contribution in [0.25, 0.3) is 0 Å².